The van der Waals surface area contributed by atoms with Crippen LogP contribution < -0.4 is 10.1 Å². The summed E-state index contributed by atoms with van der Waals surface area (Å²) in [6.45, 7) is 0.984. The molecule has 2 aromatic carbocycles. The maximum atomic E-state index is 12.4. The summed E-state index contributed by atoms with van der Waals surface area (Å²) in [5.41, 5.74) is 1.11. The number of esters is 1. The summed E-state index contributed by atoms with van der Waals surface area (Å²) in [5.74, 6) is -1.96. The molecule has 12 heteroatoms. The van der Waals surface area contributed by atoms with Crippen molar-refractivity contribution in [2.24, 2.45) is 0 Å². The highest BCUT2D eigenvalue weighted by atomic mass is 32.2. The summed E-state index contributed by atoms with van der Waals surface area (Å²) in [6.07, 6.45) is -2.51. The van der Waals surface area contributed by atoms with E-state index in [1.54, 1.807) is 6.92 Å². The van der Waals surface area contributed by atoms with Gasteiger partial charge in [-0.25, -0.2) is 17.5 Å². The molecule has 0 unspecified atom stereocenters. The second-order valence-corrected chi connectivity index (χ2v) is 8.99. The fourth-order valence-electron chi connectivity index (χ4n) is 2.48. The molecule has 2 rings (SSSR count). The number of nitrogens with one attached hydrogen (secondary N) is 1. The summed E-state index contributed by atoms with van der Waals surface area (Å²) >= 11 is 0. The van der Waals surface area contributed by atoms with Crippen LogP contribution in [0.2, 0.25) is 0 Å². The van der Waals surface area contributed by atoms with Crippen molar-refractivity contribution in [2.75, 3.05) is 26.0 Å². The topological polar surface area (TPSA) is 102 Å². The number of aryl methyl sites for hydroxylation is 1. The minimum Gasteiger partial charge on any atom is -0.452 e. The van der Waals surface area contributed by atoms with E-state index >= 15 is 0 Å². The molecular weight excluding hydrogens is 465 g/mol. The van der Waals surface area contributed by atoms with Crippen LogP contribution in [0.4, 0.5) is 18.9 Å². The third-order valence-electron chi connectivity index (χ3n) is 4.10. The van der Waals surface area contributed by atoms with Crippen molar-refractivity contribution in [3.05, 3.63) is 59.7 Å². The maximum absolute atomic E-state index is 12.4. The molecule has 0 spiro atoms. The number of halogens is 3. The minimum absolute atomic E-state index is 0.0249. The first kappa shape index (κ1) is 25.9. The molecule has 0 radical (unpaired) electrons. The summed E-state index contributed by atoms with van der Waals surface area (Å²) in [5, 5.41) is 2.45. The van der Waals surface area contributed by atoms with Crippen molar-refractivity contribution < 1.29 is 40.7 Å². The number of carbonyl (C=O) groups is 2. The fourth-order valence-corrected chi connectivity index (χ4v) is 3.62. The lowest BCUT2D eigenvalue weighted by atomic mass is 10.2. The number of anilines is 1. The van der Waals surface area contributed by atoms with Gasteiger partial charge in [-0.2, -0.15) is 0 Å². The predicted octanol–water partition coefficient (Wildman–Crippen LogP) is 3.34. The van der Waals surface area contributed by atoms with Crippen LogP contribution in [0.5, 0.6) is 5.75 Å². The Morgan fingerprint density at radius 1 is 1.09 bits per heavy atom. The number of ether oxygens (including phenoxy) is 2. The zero-order valence-electron chi connectivity index (χ0n) is 17.8. The molecule has 0 saturated heterocycles. The van der Waals surface area contributed by atoms with Gasteiger partial charge in [-0.15, -0.1) is 13.2 Å². The summed E-state index contributed by atoms with van der Waals surface area (Å²) < 4.78 is 70.7. The molecule has 0 aromatic heterocycles. The van der Waals surface area contributed by atoms with Crippen molar-refractivity contribution in [1.29, 1.82) is 0 Å². The Morgan fingerprint density at radius 3 is 2.30 bits per heavy atom. The van der Waals surface area contributed by atoms with Crippen molar-refractivity contribution in [2.45, 2.75) is 18.2 Å². The average molecular weight is 486 g/mol. The molecule has 0 atom stereocenters. The third kappa shape index (κ3) is 7.91. The number of alkyl halides is 3. The van der Waals surface area contributed by atoms with Crippen molar-refractivity contribution in [1.82, 2.24) is 4.31 Å². The Hall–Kier alpha value is -3.38. The molecule has 33 heavy (non-hydrogen) atoms. The van der Waals surface area contributed by atoms with Crippen LogP contribution in [-0.2, 0) is 24.3 Å². The molecule has 0 fully saturated rings. The monoisotopic (exact) mass is 486 g/mol. The quantitative estimate of drug-likeness (QED) is 0.454. The number of rotatable bonds is 8. The van der Waals surface area contributed by atoms with Crippen molar-refractivity contribution in [3.8, 4) is 5.75 Å². The number of hydrogen-bond donors (Lipinski definition) is 1. The van der Waals surface area contributed by atoms with Crippen LogP contribution in [0.15, 0.2) is 53.4 Å². The molecule has 178 valence electrons. The van der Waals surface area contributed by atoms with Gasteiger partial charge in [0.05, 0.1) is 4.90 Å². The van der Waals surface area contributed by atoms with Crippen molar-refractivity contribution >= 4 is 33.7 Å². The number of hydrogen-bond acceptors (Lipinski definition) is 6. The zero-order chi connectivity index (χ0) is 24.8. The fraction of sp³-hybridized carbons (Fsp3) is 0.238. The van der Waals surface area contributed by atoms with Gasteiger partial charge in [0.25, 0.3) is 5.91 Å². The van der Waals surface area contributed by atoms with Crippen LogP contribution in [0.1, 0.15) is 11.1 Å². The highest BCUT2D eigenvalue weighted by Crippen LogP contribution is 2.23. The first-order valence-corrected chi connectivity index (χ1v) is 10.8. The summed E-state index contributed by atoms with van der Waals surface area (Å²) in [4.78, 5) is 23.9. The molecule has 1 N–H and O–H groups in total. The van der Waals surface area contributed by atoms with Gasteiger partial charge in [-0.3, -0.25) is 4.79 Å². The molecule has 0 aliphatic carbocycles. The largest absolute Gasteiger partial charge is 0.573 e. The van der Waals surface area contributed by atoms with Gasteiger partial charge in [0.1, 0.15) is 5.75 Å². The third-order valence-corrected chi connectivity index (χ3v) is 6.06. The molecule has 8 nitrogen and oxygen atoms in total. The molecule has 2 aromatic rings. The van der Waals surface area contributed by atoms with Gasteiger partial charge >= 0.3 is 12.3 Å². The normalized spacial score (nSPS) is 12.1. The van der Waals surface area contributed by atoms with Crippen LogP contribution in [0.3, 0.4) is 0 Å². The van der Waals surface area contributed by atoms with Crippen LogP contribution in [0, 0.1) is 6.92 Å². The van der Waals surface area contributed by atoms with Gasteiger partial charge in [0.2, 0.25) is 10.0 Å². The van der Waals surface area contributed by atoms with Crippen LogP contribution in [-0.4, -0.2) is 51.7 Å². The molecule has 0 aliphatic heterocycles. The zero-order valence-corrected chi connectivity index (χ0v) is 18.7. The van der Waals surface area contributed by atoms with Gasteiger partial charge in [-0.05, 0) is 48.4 Å². The lowest BCUT2D eigenvalue weighted by Gasteiger charge is -2.15. The average Bonchev–Trinajstić information content (AvgIpc) is 2.71. The number of benzene rings is 2. The molecular formula is C21H21F3N2O6S. The van der Waals surface area contributed by atoms with Crippen LogP contribution >= 0.6 is 0 Å². The number of nitrogens with zero attached hydrogens (tertiary/aromatic N) is 1. The van der Waals surface area contributed by atoms with E-state index in [1.165, 1.54) is 50.5 Å². The van der Waals surface area contributed by atoms with Gasteiger partial charge in [0.15, 0.2) is 6.61 Å². The lowest BCUT2D eigenvalue weighted by Crippen LogP contribution is -2.24. The van der Waals surface area contributed by atoms with Crippen LogP contribution in [0.25, 0.3) is 6.08 Å². The number of sulfonamides is 1. The highest BCUT2D eigenvalue weighted by Gasteiger charge is 2.30. The van der Waals surface area contributed by atoms with E-state index in [2.05, 4.69) is 10.1 Å². The van der Waals surface area contributed by atoms with E-state index in [0.29, 0.717) is 11.1 Å². The molecule has 0 saturated carbocycles. The standard InChI is InChI=1S/C21H21F3N2O6S/c1-14-4-8-16(12-18(14)33(29,30)26(2)3)25-19(27)13-31-20(28)11-7-15-5-9-17(10-6-15)32-21(22,23)24/h4-12H,13H2,1-3H3,(H,25,27)/b11-7+. The maximum Gasteiger partial charge on any atom is 0.573 e. The minimum atomic E-state index is -4.80. The first-order valence-electron chi connectivity index (χ1n) is 9.31. The SMILES string of the molecule is Cc1ccc(NC(=O)COC(=O)/C=C/c2ccc(OC(F)(F)F)cc2)cc1S(=O)(=O)N(C)C. The van der Waals surface area contributed by atoms with Gasteiger partial charge < -0.3 is 14.8 Å². The van der Waals surface area contributed by atoms with E-state index in [0.717, 1.165) is 22.5 Å². The number of carbonyl (C=O) groups excluding carboxylic acids is 2. The molecule has 0 heterocycles. The molecule has 0 bridgehead atoms. The van der Waals surface area contributed by atoms with E-state index in [1.807, 2.05) is 0 Å². The Balaban J connectivity index is 1.91. The molecule has 0 aliphatic rings. The Labute approximate surface area is 188 Å². The van der Waals surface area contributed by atoms with Crippen molar-refractivity contribution in [3.63, 3.8) is 0 Å². The van der Waals surface area contributed by atoms with Gasteiger partial charge in [0, 0.05) is 25.9 Å². The second-order valence-electron chi connectivity index (χ2n) is 6.87. The first-order chi connectivity index (χ1) is 15.3. The highest BCUT2D eigenvalue weighted by molar-refractivity contribution is 7.89. The smallest absolute Gasteiger partial charge is 0.452 e. The van der Waals surface area contributed by atoms with E-state index < -0.39 is 40.6 Å². The summed E-state index contributed by atoms with van der Waals surface area (Å²) in [7, 11) is -0.940. The molecule has 1 amide bonds. The Bertz CT molecular complexity index is 1140. The Morgan fingerprint density at radius 2 is 1.73 bits per heavy atom. The van der Waals surface area contributed by atoms with E-state index in [4.69, 9.17) is 4.74 Å². The lowest BCUT2D eigenvalue weighted by molar-refractivity contribution is -0.274. The second kappa shape index (κ2) is 10.5. The number of amides is 1. The van der Waals surface area contributed by atoms with E-state index in [9.17, 15) is 31.2 Å². The van der Waals surface area contributed by atoms with E-state index in [-0.39, 0.29) is 10.6 Å². The van der Waals surface area contributed by atoms with Gasteiger partial charge in [-0.1, -0.05) is 18.2 Å². The predicted molar refractivity (Wildman–Crippen MR) is 114 cm³/mol. The Kier molecular flexibility index (Phi) is 8.23. The summed E-state index contributed by atoms with van der Waals surface area (Å²) in [6, 6.07) is 9.11.